The number of hydrogen-bond acceptors (Lipinski definition) is 3. The number of nitrogens with one attached hydrogen (secondary N) is 1. The second-order valence-corrected chi connectivity index (χ2v) is 6.17. The van der Waals surface area contributed by atoms with Crippen molar-refractivity contribution in [1.82, 2.24) is 10.2 Å². The first-order valence-corrected chi connectivity index (χ1v) is 7.67. The highest BCUT2D eigenvalue weighted by Crippen LogP contribution is 2.26. The maximum atomic E-state index is 12.2. The Balaban J connectivity index is 2.40. The minimum absolute atomic E-state index is 0.0508. The average molecular weight is 300 g/mol. The highest BCUT2D eigenvalue weighted by Gasteiger charge is 2.28. The predicted molar refractivity (Wildman–Crippen MR) is 80.2 cm³/mol. The molecule has 1 aliphatic rings. The van der Waals surface area contributed by atoms with Gasteiger partial charge in [-0.1, -0.05) is 13.8 Å². The van der Waals surface area contributed by atoms with Crippen molar-refractivity contribution in [2.45, 2.75) is 33.1 Å². The van der Waals surface area contributed by atoms with E-state index in [1.807, 2.05) is 18.7 Å². The molecule has 3 atom stereocenters. The summed E-state index contributed by atoms with van der Waals surface area (Å²) in [7, 11) is 1.65. The summed E-state index contributed by atoms with van der Waals surface area (Å²) in [6, 6.07) is -0.0508. The number of amides is 2. The van der Waals surface area contributed by atoms with Crippen molar-refractivity contribution in [2.24, 2.45) is 17.8 Å². The third-order valence-electron chi connectivity index (χ3n) is 4.10. The largest absolute Gasteiger partial charge is 0.481 e. The van der Waals surface area contributed by atoms with Gasteiger partial charge >= 0.3 is 12.0 Å². The Labute approximate surface area is 126 Å². The first kappa shape index (κ1) is 17.8. The lowest BCUT2D eigenvalue weighted by atomic mass is 9.85. The highest BCUT2D eigenvalue weighted by atomic mass is 16.5. The van der Waals surface area contributed by atoms with Crippen LogP contribution in [0.25, 0.3) is 0 Å². The standard InChI is InChI=1S/C15H28N2O4/c1-11(10-21-3)8-16-15(20)17-6-4-5-13(9-17)12(2)7-14(18)19/h11-13H,4-10H2,1-3H3,(H,16,20)(H,18,19). The Bertz CT molecular complexity index is 349. The molecule has 1 rings (SSSR count). The van der Waals surface area contributed by atoms with Gasteiger partial charge < -0.3 is 20.1 Å². The molecule has 1 fully saturated rings. The second kappa shape index (κ2) is 8.87. The quantitative estimate of drug-likeness (QED) is 0.751. The number of carboxylic acids is 1. The van der Waals surface area contributed by atoms with Crippen LogP contribution in [0.15, 0.2) is 0 Å². The molecule has 6 nitrogen and oxygen atoms in total. The molecule has 1 heterocycles. The number of nitrogens with zero attached hydrogens (tertiary/aromatic N) is 1. The molecular formula is C15H28N2O4. The van der Waals surface area contributed by atoms with Gasteiger partial charge in [-0.2, -0.15) is 0 Å². The van der Waals surface area contributed by atoms with Gasteiger partial charge in [0.1, 0.15) is 0 Å². The first-order chi connectivity index (χ1) is 9.93. The fourth-order valence-electron chi connectivity index (χ4n) is 2.82. The lowest BCUT2D eigenvalue weighted by Gasteiger charge is -2.35. The van der Waals surface area contributed by atoms with Gasteiger partial charge in [0.25, 0.3) is 0 Å². The van der Waals surface area contributed by atoms with Gasteiger partial charge in [-0.3, -0.25) is 4.79 Å². The SMILES string of the molecule is COCC(C)CNC(=O)N1CCCC(C(C)CC(=O)O)C1. The Morgan fingerprint density at radius 3 is 2.76 bits per heavy atom. The molecule has 2 amide bonds. The molecule has 1 saturated heterocycles. The van der Waals surface area contributed by atoms with Crippen LogP contribution in [0.2, 0.25) is 0 Å². The Morgan fingerprint density at radius 1 is 1.43 bits per heavy atom. The van der Waals surface area contributed by atoms with Crippen LogP contribution in [-0.4, -0.2) is 55.4 Å². The molecule has 0 saturated carbocycles. The summed E-state index contributed by atoms with van der Waals surface area (Å²) in [6.07, 6.45) is 2.11. The summed E-state index contributed by atoms with van der Waals surface area (Å²) in [6.45, 7) is 6.61. The van der Waals surface area contributed by atoms with Crippen molar-refractivity contribution in [3.63, 3.8) is 0 Å². The van der Waals surface area contributed by atoms with Crippen LogP contribution in [0.4, 0.5) is 4.79 Å². The zero-order valence-corrected chi connectivity index (χ0v) is 13.3. The van der Waals surface area contributed by atoms with Crippen LogP contribution in [-0.2, 0) is 9.53 Å². The molecular weight excluding hydrogens is 272 g/mol. The molecule has 1 aliphatic heterocycles. The van der Waals surface area contributed by atoms with E-state index in [1.165, 1.54) is 0 Å². The van der Waals surface area contributed by atoms with Gasteiger partial charge in [-0.25, -0.2) is 4.79 Å². The van der Waals surface area contributed by atoms with Crippen LogP contribution < -0.4 is 5.32 Å². The van der Waals surface area contributed by atoms with Gasteiger partial charge in [0.05, 0.1) is 6.61 Å². The smallest absolute Gasteiger partial charge is 0.317 e. The van der Waals surface area contributed by atoms with Gasteiger partial charge in [-0.05, 0) is 30.6 Å². The molecule has 0 radical (unpaired) electrons. The van der Waals surface area contributed by atoms with Gasteiger partial charge in [0.15, 0.2) is 0 Å². The molecule has 0 bridgehead atoms. The molecule has 0 aromatic carbocycles. The number of aliphatic carboxylic acids is 1. The highest BCUT2D eigenvalue weighted by molar-refractivity contribution is 5.74. The zero-order valence-electron chi connectivity index (χ0n) is 13.3. The minimum Gasteiger partial charge on any atom is -0.481 e. The number of ether oxygens (including phenoxy) is 1. The average Bonchev–Trinajstić information content (AvgIpc) is 2.44. The fourth-order valence-corrected chi connectivity index (χ4v) is 2.82. The summed E-state index contributed by atoms with van der Waals surface area (Å²) < 4.78 is 5.05. The van der Waals surface area contributed by atoms with Crippen molar-refractivity contribution in [3.8, 4) is 0 Å². The van der Waals surface area contributed by atoms with E-state index in [-0.39, 0.29) is 30.2 Å². The van der Waals surface area contributed by atoms with E-state index in [4.69, 9.17) is 9.84 Å². The lowest BCUT2D eigenvalue weighted by Crippen LogP contribution is -2.47. The third-order valence-corrected chi connectivity index (χ3v) is 4.10. The number of piperidine rings is 1. The Kier molecular flexibility index (Phi) is 7.50. The second-order valence-electron chi connectivity index (χ2n) is 6.17. The van der Waals surface area contributed by atoms with Gasteiger partial charge in [0, 0.05) is 33.2 Å². The van der Waals surface area contributed by atoms with Crippen LogP contribution in [0.3, 0.4) is 0 Å². The Hall–Kier alpha value is -1.30. The number of methoxy groups -OCH3 is 1. The van der Waals surface area contributed by atoms with E-state index in [9.17, 15) is 9.59 Å². The number of rotatable bonds is 7. The maximum Gasteiger partial charge on any atom is 0.317 e. The molecule has 0 aliphatic carbocycles. The van der Waals surface area contributed by atoms with E-state index in [0.29, 0.717) is 19.7 Å². The molecule has 122 valence electrons. The third kappa shape index (κ3) is 6.33. The number of carboxylic acid groups (broad SMARTS) is 1. The van der Waals surface area contributed by atoms with E-state index in [2.05, 4.69) is 5.32 Å². The maximum absolute atomic E-state index is 12.2. The summed E-state index contributed by atoms with van der Waals surface area (Å²) in [5.41, 5.74) is 0. The van der Waals surface area contributed by atoms with Crippen LogP contribution in [0, 0.1) is 17.8 Å². The number of carbonyl (C=O) groups is 2. The summed E-state index contributed by atoms with van der Waals surface area (Å²) >= 11 is 0. The molecule has 0 aromatic rings. The molecule has 0 aromatic heterocycles. The van der Waals surface area contributed by atoms with Crippen molar-refractivity contribution in [2.75, 3.05) is 33.4 Å². The van der Waals surface area contributed by atoms with Crippen LogP contribution in [0.5, 0.6) is 0 Å². The van der Waals surface area contributed by atoms with Gasteiger partial charge in [0.2, 0.25) is 0 Å². The zero-order chi connectivity index (χ0) is 15.8. The molecule has 21 heavy (non-hydrogen) atoms. The monoisotopic (exact) mass is 300 g/mol. The van der Waals surface area contributed by atoms with E-state index in [0.717, 1.165) is 19.4 Å². The van der Waals surface area contributed by atoms with Crippen molar-refractivity contribution >= 4 is 12.0 Å². The molecule has 6 heteroatoms. The minimum atomic E-state index is -0.766. The normalized spacial score (nSPS) is 21.7. The summed E-state index contributed by atoms with van der Waals surface area (Å²) in [5.74, 6) is -0.106. The van der Waals surface area contributed by atoms with E-state index < -0.39 is 5.97 Å². The topological polar surface area (TPSA) is 78.9 Å². The van der Waals surface area contributed by atoms with E-state index in [1.54, 1.807) is 7.11 Å². The first-order valence-electron chi connectivity index (χ1n) is 7.67. The number of likely N-dealkylation sites (tertiary alicyclic amines) is 1. The van der Waals surface area contributed by atoms with Crippen LogP contribution in [0.1, 0.15) is 33.1 Å². The van der Waals surface area contributed by atoms with E-state index >= 15 is 0 Å². The predicted octanol–water partition coefficient (Wildman–Crippen LogP) is 1.80. The van der Waals surface area contributed by atoms with Crippen LogP contribution >= 0.6 is 0 Å². The fraction of sp³-hybridized carbons (Fsp3) is 0.867. The summed E-state index contributed by atoms with van der Waals surface area (Å²) in [4.78, 5) is 24.8. The summed E-state index contributed by atoms with van der Waals surface area (Å²) in [5, 5.41) is 11.8. The molecule has 3 unspecified atom stereocenters. The van der Waals surface area contributed by atoms with Crippen molar-refractivity contribution < 1.29 is 19.4 Å². The van der Waals surface area contributed by atoms with Crippen molar-refractivity contribution in [1.29, 1.82) is 0 Å². The van der Waals surface area contributed by atoms with Gasteiger partial charge in [-0.15, -0.1) is 0 Å². The molecule has 2 N–H and O–H groups in total. The Morgan fingerprint density at radius 2 is 2.14 bits per heavy atom. The van der Waals surface area contributed by atoms with Crippen molar-refractivity contribution in [3.05, 3.63) is 0 Å². The lowest BCUT2D eigenvalue weighted by molar-refractivity contribution is -0.138. The molecule has 0 spiro atoms. The number of urea groups is 1. The number of hydrogen-bond donors (Lipinski definition) is 2. The number of carbonyl (C=O) groups excluding carboxylic acids is 1.